The summed E-state index contributed by atoms with van der Waals surface area (Å²) in [4.78, 5) is 22.9. The van der Waals surface area contributed by atoms with E-state index in [0.29, 0.717) is 24.1 Å². The molecule has 2 unspecified atom stereocenters. The molecule has 0 aliphatic rings. The van der Waals surface area contributed by atoms with E-state index in [1.165, 1.54) is 122 Å². The summed E-state index contributed by atoms with van der Waals surface area (Å²) in [6, 6.07) is 0. The second-order valence-corrected chi connectivity index (χ2v) is 17.9. The van der Waals surface area contributed by atoms with Gasteiger partial charge in [0.05, 0.1) is 34.4 Å². The molecule has 54 heavy (non-hydrogen) atoms. The minimum absolute atomic E-state index is 0.0876. The molecule has 0 saturated carbocycles. The van der Waals surface area contributed by atoms with Crippen molar-refractivity contribution in [3.05, 3.63) is 24.3 Å². The van der Waals surface area contributed by atoms with Gasteiger partial charge in [-0.2, -0.15) is 0 Å². The largest absolute Gasteiger partial charge is 0.472 e. The predicted octanol–water partition coefficient (Wildman–Crippen LogP) is 13.2. The van der Waals surface area contributed by atoms with Crippen LogP contribution in [0.5, 0.6) is 0 Å². The Balaban J connectivity index is 4.19. The lowest BCUT2D eigenvalue weighted by Crippen LogP contribution is -2.37. The fourth-order valence-corrected chi connectivity index (χ4v) is 6.96. The summed E-state index contributed by atoms with van der Waals surface area (Å²) in [6.07, 6.45) is 43.5. The van der Waals surface area contributed by atoms with E-state index in [2.05, 4.69) is 38.2 Å². The van der Waals surface area contributed by atoms with E-state index in [9.17, 15) is 14.3 Å². The highest BCUT2D eigenvalue weighted by atomic mass is 31.2. The van der Waals surface area contributed by atoms with Crippen molar-refractivity contribution in [3.8, 4) is 0 Å². The van der Waals surface area contributed by atoms with E-state index in [0.717, 1.165) is 57.8 Å². The lowest BCUT2D eigenvalue weighted by atomic mass is 10.0. The van der Waals surface area contributed by atoms with Crippen LogP contribution in [-0.2, 0) is 27.9 Å². The van der Waals surface area contributed by atoms with Crippen LogP contribution in [0.1, 0.15) is 200 Å². The number of carbonyl (C=O) groups excluding carboxylic acids is 1. The molecular formula is C45H89NO7P+. The summed E-state index contributed by atoms with van der Waals surface area (Å²) in [5.74, 6) is -0.325. The third-order valence-corrected chi connectivity index (χ3v) is 10.7. The maximum absolute atomic E-state index is 12.7. The minimum atomic E-state index is -4.27. The number of hydrogen-bond acceptors (Lipinski definition) is 6. The molecule has 0 spiro atoms. The molecule has 320 valence electrons. The smallest absolute Gasteiger partial charge is 0.457 e. The molecule has 0 amide bonds. The van der Waals surface area contributed by atoms with Gasteiger partial charge in [-0.3, -0.25) is 13.8 Å². The van der Waals surface area contributed by atoms with Crippen LogP contribution in [0.3, 0.4) is 0 Å². The summed E-state index contributed by atoms with van der Waals surface area (Å²) in [5, 5.41) is 0. The van der Waals surface area contributed by atoms with E-state index >= 15 is 0 Å². The van der Waals surface area contributed by atoms with Crippen LogP contribution in [0.15, 0.2) is 24.3 Å². The number of phosphoric ester groups is 1. The SMILES string of the molecule is CCCC/C=C\C/C=C\CCCCCCCC(=O)OC(COCCCCCCCCCCCCCCCCCCCC)COP(=O)(O)OCC[N+](C)(C)C. The van der Waals surface area contributed by atoms with Gasteiger partial charge < -0.3 is 18.9 Å². The van der Waals surface area contributed by atoms with Gasteiger partial charge in [-0.05, 0) is 38.5 Å². The Morgan fingerprint density at radius 2 is 1.04 bits per heavy atom. The Morgan fingerprint density at radius 3 is 1.56 bits per heavy atom. The zero-order valence-corrected chi connectivity index (χ0v) is 37.1. The van der Waals surface area contributed by atoms with Gasteiger partial charge in [-0.15, -0.1) is 0 Å². The first-order valence-electron chi connectivity index (χ1n) is 22.6. The van der Waals surface area contributed by atoms with Gasteiger partial charge in [0.15, 0.2) is 0 Å². The average molecular weight is 787 g/mol. The molecule has 0 aliphatic carbocycles. The maximum atomic E-state index is 12.7. The molecule has 0 radical (unpaired) electrons. The molecular weight excluding hydrogens is 697 g/mol. The summed E-state index contributed by atoms with van der Waals surface area (Å²) in [7, 11) is 1.66. The molecule has 0 aliphatic heterocycles. The number of phosphoric acid groups is 1. The molecule has 0 aromatic carbocycles. The van der Waals surface area contributed by atoms with Crippen LogP contribution < -0.4 is 0 Å². The van der Waals surface area contributed by atoms with Gasteiger partial charge in [0.2, 0.25) is 0 Å². The van der Waals surface area contributed by atoms with Gasteiger partial charge >= 0.3 is 13.8 Å². The lowest BCUT2D eigenvalue weighted by Gasteiger charge is -2.24. The quantitative estimate of drug-likeness (QED) is 0.0217. The molecule has 0 saturated heterocycles. The Kier molecular flexibility index (Phi) is 38.1. The Bertz CT molecular complexity index is 920. The van der Waals surface area contributed by atoms with Crippen molar-refractivity contribution >= 4 is 13.8 Å². The number of nitrogens with zero attached hydrogens (tertiary/aromatic N) is 1. The molecule has 8 nitrogen and oxygen atoms in total. The van der Waals surface area contributed by atoms with Crippen molar-refractivity contribution in [2.45, 2.75) is 206 Å². The molecule has 0 aromatic rings. The van der Waals surface area contributed by atoms with E-state index < -0.39 is 13.9 Å². The number of quaternary nitrogens is 1. The number of hydrogen-bond donors (Lipinski definition) is 1. The van der Waals surface area contributed by atoms with Crippen molar-refractivity contribution in [2.24, 2.45) is 0 Å². The number of rotatable bonds is 42. The zero-order chi connectivity index (χ0) is 39.9. The van der Waals surface area contributed by atoms with Crippen molar-refractivity contribution in [1.29, 1.82) is 0 Å². The van der Waals surface area contributed by atoms with E-state index in [1.807, 2.05) is 21.1 Å². The number of carbonyl (C=O) groups is 1. The lowest BCUT2D eigenvalue weighted by molar-refractivity contribution is -0.870. The third kappa shape index (κ3) is 42.1. The Morgan fingerprint density at radius 1 is 0.574 bits per heavy atom. The van der Waals surface area contributed by atoms with Crippen molar-refractivity contribution in [2.75, 3.05) is 54.1 Å². The predicted molar refractivity (Wildman–Crippen MR) is 229 cm³/mol. The molecule has 0 rings (SSSR count). The first kappa shape index (κ1) is 53.0. The Labute approximate surface area is 334 Å². The summed E-state index contributed by atoms with van der Waals surface area (Å²) < 4.78 is 35.0. The highest BCUT2D eigenvalue weighted by molar-refractivity contribution is 7.47. The van der Waals surface area contributed by atoms with Gasteiger partial charge in [-0.25, -0.2) is 4.57 Å². The van der Waals surface area contributed by atoms with Crippen LogP contribution in [-0.4, -0.2) is 75.6 Å². The standard InChI is InChI=1S/C45H88NO7P/c1-6-8-10-12-14-16-18-20-22-23-24-25-27-29-31-33-35-37-40-50-42-44(43-52-54(48,49)51-41-39-46(3,4)5)53-45(47)38-36-34-32-30-28-26-21-19-17-15-13-11-9-7-2/h13,15,19,21,44H,6-12,14,16-18,20,22-43H2,1-5H3/p+1/b15-13-,21-19-. The first-order valence-corrected chi connectivity index (χ1v) is 24.1. The second kappa shape index (κ2) is 38.8. The summed E-state index contributed by atoms with van der Waals surface area (Å²) >= 11 is 0. The molecule has 0 heterocycles. The van der Waals surface area contributed by atoms with Gasteiger partial charge in [0, 0.05) is 13.0 Å². The van der Waals surface area contributed by atoms with Crippen molar-refractivity contribution in [3.63, 3.8) is 0 Å². The van der Waals surface area contributed by atoms with Gasteiger partial charge in [0.1, 0.15) is 19.3 Å². The van der Waals surface area contributed by atoms with Crippen LogP contribution >= 0.6 is 7.82 Å². The molecule has 2 atom stereocenters. The number of unbranched alkanes of at least 4 members (excludes halogenated alkanes) is 24. The molecule has 0 bridgehead atoms. The fourth-order valence-electron chi connectivity index (χ4n) is 6.22. The zero-order valence-electron chi connectivity index (χ0n) is 36.2. The highest BCUT2D eigenvalue weighted by Crippen LogP contribution is 2.43. The Hall–Kier alpha value is -1.02. The number of ether oxygens (including phenoxy) is 2. The maximum Gasteiger partial charge on any atom is 0.472 e. The fraction of sp³-hybridized carbons (Fsp3) is 0.889. The first-order chi connectivity index (χ1) is 26.1. The van der Waals surface area contributed by atoms with Gasteiger partial charge in [0.25, 0.3) is 0 Å². The van der Waals surface area contributed by atoms with Gasteiger partial charge in [-0.1, -0.05) is 179 Å². The second-order valence-electron chi connectivity index (χ2n) is 16.4. The van der Waals surface area contributed by atoms with Crippen LogP contribution in [0, 0.1) is 0 Å². The third-order valence-electron chi connectivity index (χ3n) is 9.77. The van der Waals surface area contributed by atoms with E-state index in [-0.39, 0.29) is 25.8 Å². The number of esters is 1. The molecule has 1 N–H and O–H groups in total. The number of allylic oxidation sites excluding steroid dienone is 4. The highest BCUT2D eigenvalue weighted by Gasteiger charge is 2.26. The summed E-state index contributed by atoms with van der Waals surface area (Å²) in [5.41, 5.74) is 0. The van der Waals surface area contributed by atoms with E-state index in [4.69, 9.17) is 18.5 Å². The van der Waals surface area contributed by atoms with Crippen LogP contribution in [0.2, 0.25) is 0 Å². The number of likely N-dealkylation sites (N-methyl/N-ethyl adjacent to an activating group) is 1. The topological polar surface area (TPSA) is 91.3 Å². The van der Waals surface area contributed by atoms with Crippen molar-refractivity contribution in [1.82, 2.24) is 0 Å². The summed E-state index contributed by atoms with van der Waals surface area (Å²) in [6.45, 7) is 5.59. The molecule has 0 fully saturated rings. The monoisotopic (exact) mass is 787 g/mol. The molecule has 9 heteroatoms. The van der Waals surface area contributed by atoms with Crippen molar-refractivity contribution < 1.29 is 37.3 Å². The molecule has 0 aromatic heterocycles. The normalized spacial score (nSPS) is 14.0. The average Bonchev–Trinajstić information content (AvgIpc) is 3.12. The van der Waals surface area contributed by atoms with Crippen LogP contribution in [0.4, 0.5) is 0 Å². The minimum Gasteiger partial charge on any atom is -0.457 e. The van der Waals surface area contributed by atoms with E-state index in [1.54, 1.807) is 0 Å². The van der Waals surface area contributed by atoms with Crippen LogP contribution in [0.25, 0.3) is 0 Å².